The predicted molar refractivity (Wildman–Crippen MR) is 228 cm³/mol. The average Bonchev–Trinajstić information content (AvgIpc) is 3.74. The number of allylic oxidation sites excluding steroid dienone is 4. The molecule has 1 aromatic heterocycles. The third-order valence-corrected chi connectivity index (χ3v) is 12.1. The van der Waals surface area contributed by atoms with Gasteiger partial charge >= 0.3 is 0 Å². The smallest absolute Gasteiger partial charge is 0.0715 e. The van der Waals surface area contributed by atoms with E-state index in [0.717, 1.165) is 34.5 Å². The molecule has 0 bridgehead atoms. The monoisotopic (exact) mass is 699 g/mol. The lowest BCUT2D eigenvalue weighted by Gasteiger charge is -2.36. The Hall–Kier alpha value is -6.83. The number of hydrogen-bond acceptors (Lipinski definition) is 1. The van der Waals surface area contributed by atoms with E-state index in [0.29, 0.717) is 5.92 Å². The van der Waals surface area contributed by atoms with E-state index in [2.05, 4.69) is 206 Å². The van der Waals surface area contributed by atoms with Crippen molar-refractivity contribution < 1.29 is 0 Å². The van der Waals surface area contributed by atoms with Gasteiger partial charge in [-0.2, -0.15) is 0 Å². The summed E-state index contributed by atoms with van der Waals surface area (Å²) < 4.78 is 0. The molecule has 0 N–H and O–H groups in total. The Morgan fingerprint density at radius 2 is 0.909 bits per heavy atom. The summed E-state index contributed by atoms with van der Waals surface area (Å²) in [5.41, 5.74) is 21.0. The maximum absolute atomic E-state index is 5.19. The number of hydrogen-bond donors (Lipinski definition) is 0. The summed E-state index contributed by atoms with van der Waals surface area (Å²) in [5.74, 6) is 0.369. The molecule has 2 unspecified atom stereocenters. The topological polar surface area (TPSA) is 12.9 Å². The molecule has 0 saturated heterocycles. The summed E-state index contributed by atoms with van der Waals surface area (Å²) in [5, 5.41) is 0. The summed E-state index contributed by atoms with van der Waals surface area (Å²) in [6, 6.07) is 68.8. The Bertz CT molecular complexity index is 2770. The number of aromatic nitrogens is 1. The zero-order chi connectivity index (χ0) is 36.3. The van der Waals surface area contributed by atoms with Crippen molar-refractivity contribution in [1.29, 1.82) is 0 Å². The van der Waals surface area contributed by atoms with Crippen LogP contribution < -0.4 is 0 Å². The van der Waals surface area contributed by atoms with E-state index in [1.807, 2.05) is 0 Å². The summed E-state index contributed by atoms with van der Waals surface area (Å²) in [4.78, 5) is 5.19. The molecule has 0 saturated carbocycles. The van der Waals surface area contributed by atoms with E-state index < -0.39 is 0 Å². The molecule has 11 rings (SSSR count). The van der Waals surface area contributed by atoms with Crippen LogP contribution in [0, 0.1) is 5.92 Å². The van der Waals surface area contributed by atoms with Crippen LogP contribution >= 0.6 is 0 Å². The number of pyridine rings is 1. The van der Waals surface area contributed by atoms with Crippen molar-refractivity contribution in [2.45, 2.75) is 11.8 Å². The highest BCUT2D eigenvalue weighted by Gasteiger charge is 2.55. The lowest BCUT2D eigenvalue weighted by atomic mass is 9.65. The lowest BCUT2D eigenvalue weighted by molar-refractivity contribution is 0.495. The van der Waals surface area contributed by atoms with Crippen LogP contribution in [0.1, 0.15) is 28.7 Å². The minimum atomic E-state index is -0.207. The van der Waals surface area contributed by atoms with Gasteiger partial charge in [-0.25, -0.2) is 4.98 Å². The van der Waals surface area contributed by atoms with Gasteiger partial charge < -0.3 is 0 Å². The largest absolute Gasteiger partial charge is 0.248 e. The van der Waals surface area contributed by atoms with Crippen molar-refractivity contribution >= 4 is 5.57 Å². The zero-order valence-corrected chi connectivity index (χ0v) is 30.4. The van der Waals surface area contributed by atoms with E-state index >= 15 is 0 Å². The molecule has 1 heterocycles. The van der Waals surface area contributed by atoms with Crippen LogP contribution in [0.4, 0.5) is 0 Å². The highest BCUT2D eigenvalue weighted by Crippen LogP contribution is 2.65. The van der Waals surface area contributed by atoms with Gasteiger partial charge in [0.2, 0.25) is 0 Å². The highest BCUT2D eigenvalue weighted by molar-refractivity contribution is 5.93. The Labute approximate surface area is 322 Å². The molecule has 1 spiro atoms. The van der Waals surface area contributed by atoms with Gasteiger partial charge in [-0.15, -0.1) is 0 Å². The van der Waals surface area contributed by atoms with Crippen LogP contribution in [-0.2, 0) is 5.41 Å². The number of fused-ring (bicyclic) bond motifs is 10. The van der Waals surface area contributed by atoms with Gasteiger partial charge in [-0.3, -0.25) is 0 Å². The minimum Gasteiger partial charge on any atom is -0.248 e. The van der Waals surface area contributed by atoms with E-state index in [1.54, 1.807) is 0 Å². The van der Waals surface area contributed by atoms with E-state index in [4.69, 9.17) is 4.98 Å². The third kappa shape index (κ3) is 4.97. The van der Waals surface area contributed by atoms with Crippen molar-refractivity contribution in [2.75, 3.05) is 0 Å². The van der Waals surface area contributed by atoms with Crippen LogP contribution in [0.15, 0.2) is 206 Å². The quantitative estimate of drug-likeness (QED) is 0.174. The first-order valence-electron chi connectivity index (χ1n) is 19.3. The molecule has 3 aliphatic carbocycles. The summed E-state index contributed by atoms with van der Waals surface area (Å²) in [6.07, 6.45) is 8.00. The van der Waals surface area contributed by atoms with Crippen LogP contribution in [0.3, 0.4) is 0 Å². The normalized spacial score (nSPS) is 17.3. The van der Waals surface area contributed by atoms with Crippen molar-refractivity contribution in [2.24, 2.45) is 5.92 Å². The minimum absolute atomic E-state index is 0.207. The van der Waals surface area contributed by atoms with Gasteiger partial charge in [0.15, 0.2) is 0 Å². The average molecular weight is 700 g/mol. The molecule has 1 heteroatoms. The number of benzene rings is 7. The molecule has 55 heavy (non-hydrogen) atoms. The number of rotatable bonds is 5. The molecule has 1 nitrogen and oxygen atoms in total. The van der Waals surface area contributed by atoms with Gasteiger partial charge in [0.1, 0.15) is 0 Å². The molecule has 0 radical (unpaired) electrons. The summed E-state index contributed by atoms with van der Waals surface area (Å²) in [7, 11) is 0. The van der Waals surface area contributed by atoms with Crippen LogP contribution in [0.25, 0.3) is 72.6 Å². The summed E-state index contributed by atoms with van der Waals surface area (Å²) in [6.45, 7) is 0. The fourth-order valence-corrected chi connectivity index (χ4v) is 9.69. The van der Waals surface area contributed by atoms with E-state index in [1.165, 1.54) is 66.8 Å². The van der Waals surface area contributed by atoms with E-state index in [9.17, 15) is 0 Å². The fraction of sp³-hybridized carbons (Fsp3) is 0.0556. The Morgan fingerprint density at radius 1 is 0.382 bits per heavy atom. The Morgan fingerprint density at radius 3 is 1.65 bits per heavy atom. The summed E-state index contributed by atoms with van der Waals surface area (Å²) >= 11 is 0. The molecule has 2 atom stereocenters. The highest BCUT2D eigenvalue weighted by atomic mass is 14.7. The zero-order valence-electron chi connectivity index (χ0n) is 30.4. The Kier molecular flexibility index (Phi) is 7.28. The van der Waals surface area contributed by atoms with Gasteiger partial charge in [0.25, 0.3) is 0 Å². The lowest BCUT2D eigenvalue weighted by Crippen LogP contribution is -2.32. The fourth-order valence-electron chi connectivity index (χ4n) is 9.69. The van der Waals surface area contributed by atoms with Gasteiger partial charge in [0, 0.05) is 17.0 Å². The molecule has 258 valence electrons. The van der Waals surface area contributed by atoms with Crippen molar-refractivity contribution in [1.82, 2.24) is 4.98 Å². The van der Waals surface area contributed by atoms with Crippen molar-refractivity contribution in [3.05, 3.63) is 229 Å². The van der Waals surface area contributed by atoms with Crippen LogP contribution in [0.5, 0.6) is 0 Å². The SMILES string of the molecule is C1=CCC2C(=C1)c1ccccc1C21c2ccccc2-c2ccc(-c3ccc(-c4cccc(-c5cc(-c6ccccc6)cc(-c6ccccc6)n5)c4)cc3)cc21. The van der Waals surface area contributed by atoms with Crippen molar-refractivity contribution in [3.63, 3.8) is 0 Å². The van der Waals surface area contributed by atoms with Gasteiger partial charge in [-0.05, 0) is 103 Å². The molecule has 8 aromatic rings. The first-order chi connectivity index (χ1) is 27.3. The van der Waals surface area contributed by atoms with Crippen LogP contribution in [-0.4, -0.2) is 4.98 Å². The second-order valence-electron chi connectivity index (χ2n) is 15.0. The maximum Gasteiger partial charge on any atom is 0.0715 e. The molecule has 0 fully saturated rings. The Balaban J connectivity index is 0.974. The van der Waals surface area contributed by atoms with Crippen molar-refractivity contribution in [3.8, 4) is 67.0 Å². The third-order valence-electron chi connectivity index (χ3n) is 12.1. The van der Waals surface area contributed by atoms with E-state index in [-0.39, 0.29) is 5.41 Å². The molecule has 0 amide bonds. The molecule has 7 aromatic carbocycles. The van der Waals surface area contributed by atoms with Crippen LogP contribution in [0.2, 0.25) is 0 Å². The first-order valence-corrected chi connectivity index (χ1v) is 19.3. The predicted octanol–water partition coefficient (Wildman–Crippen LogP) is 13.7. The van der Waals surface area contributed by atoms with Gasteiger partial charge in [0.05, 0.1) is 16.8 Å². The van der Waals surface area contributed by atoms with Gasteiger partial charge in [-0.1, -0.05) is 182 Å². The standard InChI is InChI=1S/C54H37N/c1-3-14-36(15-4-1)43-34-52(39-16-5-2-6-17-39)55-53(35-43)42-19-13-18-40(32-42)37-26-28-38(29-27-37)41-30-31-47-46-22-9-12-25-50(46)54(51(47)33-41)48-23-10-7-20-44(48)45-21-8-11-24-49(45)54/h1-23,25-35,49H,24H2. The second kappa shape index (κ2) is 12.6. The molecular formula is C54H37N. The number of nitrogens with zero attached hydrogens (tertiary/aromatic N) is 1. The molecule has 3 aliphatic rings. The molecular weight excluding hydrogens is 663 g/mol. The molecule has 0 aliphatic heterocycles. The second-order valence-corrected chi connectivity index (χ2v) is 15.0. The maximum atomic E-state index is 5.19. The first kappa shape index (κ1) is 31.7.